The van der Waals surface area contributed by atoms with Crippen molar-refractivity contribution in [3.8, 4) is 11.3 Å². The lowest BCUT2D eigenvalue weighted by molar-refractivity contribution is 0.0826. The van der Waals surface area contributed by atoms with E-state index < -0.39 is 11.5 Å². The lowest BCUT2D eigenvalue weighted by Crippen LogP contribution is -2.28. The smallest absolute Gasteiger partial charge is 0.345 e. The number of amides is 1. The summed E-state index contributed by atoms with van der Waals surface area (Å²) >= 11 is 0. The lowest BCUT2D eigenvalue weighted by Gasteiger charge is -2.18. The second-order valence-electron chi connectivity index (χ2n) is 5.54. The van der Waals surface area contributed by atoms with Crippen LogP contribution in [0.1, 0.15) is 35.8 Å². The molecule has 0 aliphatic carbocycles. The van der Waals surface area contributed by atoms with Gasteiger partial charge in [-0.15, -0.1) is 0 Å². The SMILES string of the molecule is CC(C)c1[nH]c(=O)nc(-c2ccc(F)cc2)c1C(=O)N(C)C. The number of aromatic amines is 1. The molecule has 0 unspecified atom stereocenters. The van der Waals surface area contributed by atoms with Gasteiger partial charge in [0.1, 0.15) is 5.82 Å². The fraction of sp³-hybridized carbons (Fsp3) is 0.312. The molecule has 1 heterocycles. The minimum atomic E-state index is -0.529. The highest BCUT2D eigenvalue weighted by molar-refractivity contribution is 6.00. The Morgan fingerprint density at radius 1 is 1.23 bits per heavy atom. The van der Waals surface area contributed by atoms with E-state index in [4.69, 9.17) is 0 Å². The van der Waals surface area contributed by atoms with Gasteiger partial charge in [0.15, 0.2) is 0 Å². The Morgan fingerprint density at radius 3 is 2.32 bits per heavy atom. The van der Waals surface area contributed by atoms with Crippen LogP contribution in [-0.4, -0.2) is 34.9 Å². The number of rotatable bonds is 3. The fourth-order valence-electron chi connectivity index (χ4n) is 2.18. The van der Waals surface area contributed by atoms with Gasteiger partial charge in [-0.05, 0) is 30.2 Å². The van der Waals surface area contributed by atoms with Gasteiger partial charge in [0.2, 0.25) is 0 Å². The molecule has 1 amide bonds. The molecule has 0 saturated heterocycles. The van der Waals surface area contributed by atoms with Crippen LogP contribution in [0.3, 0.4) is 0 Å². The predicted molar refractivity (Wildman–Crippen MR) is 82.4 cm³/mol. The highest BCUT2D eigenvalue weighted by atomic mass is 19.1. The lowest BCUT2D eigenvalue weighted by atomic mass is 9.97. The summed E-state index contributed by atoms with van der Waals surface area (Å²) in [5.74, 6) is -0.710. The Balaban J connectivity index is 2.79. The molecule has 1 N–H and O–H groups in total. The van der Waals surface area contributed by atoms with Crippen LogP contribution in [0.4, 0.5) is 4.39 Å². The Bertz CT molecular complexity index is 749. The molecule has 1 aromatic carbocycles. The number of benzene rings is 1. The molecule has 22 heavy (non-hydrogen) atoms. The molecule has 2 rings (SSSR count). The van der Waals surface area contributed by atoms with Crippen molar-refractivity contribution in [1.82, 2.24) is 14.9 Å². The molecule has 0 fully saturated rings. The van der Waals surface area contributed by atoms with E-state index in [0.717, 1.165) is 0 Å². The average Bonchev–Trinajstić information content (AvgIpc) is 2.46. The number of carbonyl (C=O) groups is 1. The molecule has 5 nitrogen and oxygen atoms in total. The van der Waals surface area contributed by atoms with Crippen LogP contribution in [-0.2, 0) is 0 Å². The van der Waals surface area contributed by atoms with Crippen LogP contribution in [0.2, 0.25) is 0 Å². The number of nitrogens with zero attached hydrogens (tertiary/aromatic N) is 2. The predicted octanol–water partition coefficient (Wildman–Crippen LogP) is 2.40. The zero-order chi connectivity index (χ0) is 16.4. The van der Waals surface area contributed by atoms with Gasteiger partial charge < -0.3 is 9.88 Å². The number of aromatic nitrogens is 2. The molecule has 116 valence electrons. The zero-order valence-corrected chi connectivity index (χ0v) is 13.0. The Kier molecular flexibility index (Phi) is 4.40. The number of halogens is 1. The van der Waals surface area contributed by atoms with Crippen LogP contribution >= 0.6 is 0 Å². The van der Waals surface area contributed by atoms with Crippen molar-refractivity contribution in [1.29, 1.82) is 0 Å². The third kappa shape index (κ3) is 3.05. The third-order valence-electron chi connectivity index (χ3n) is 3.28. The van der Waals surface area contributed by atoms with Crippen LogP contribution < -0.4 is 5.69 Å². The fourth-order valence-corrected chi connectivity index (χ4v) is 2.18. The molecule has 0 saturated carbocycles. The van der Waals surface area contributed by atoms with Crippen LogP contribution in [0, 0.1) is 5.82 Å². The molecular formula is C16H18FN3O2. The van der Waals surface area contributed by atoms with E-state index in [1.165, 1.54) is 29.2 Å². The van der Waals surface area contributed by atoms with Crippen LogP contribution in [0.15, 0.2) is 29.1 Å². The largest absolute Gasteiger partial charge is 0.345 e. The zero-order valence-electron chi connectivity index (χ0n) is 13.0. The van der Waals surface area contributed by atoms with E-state index in [0.29, 0.717) is 16.8 Å². The van der Waals surface area contributed by atoms with Gasteiger partial charge in [0.05, 0.1) is 11.3 Å². The maximum Gasteiger partial charge on any atom is 0.345 e. The summed E-state index contributed by atoms with van der Waals surface area (Å²) in [5, 5.41) is 0. The van der Waals surface area contributed by atoms with E-state index >= 15 is 0 Å². The molecule has 2 aromatic rings. The summed E-state index contributed by atoms with van der Waals surface area (Å²) in [6.07, 6.45) is 0. The number of nitrogens with one attached hydrogen (secondary N) is 1. The third-order valence-corrected chi connectivity index (χ3v) is 3.28. The summed E-state index contributed by atoms with van der Waals surface area (Å²) in [5.41, 5.74) is 1.13. The number of carbonyl (C=O) groups excluding carboxylic acids is 1. The summed E-state index contributed by atoms with van der Waals surface area (Å²) in [4.78, 5) is 32.4. The monoisotopic (exact) mass is 303 g/mol. The minimum Gasteiger partial charge on any atom is -0.345 e. The van der Waals surface area contributed by atoms with E-state index in [1.54, 1.807) is 14.1 Å². The van der Waals surface area contributed by atoms with E-state index in [9.17, 15) is 14.0 Å². The first-order valence-electron chi connectivity index (χ1n) is 6.93. The van der Waals surface area contributed by atoms with Crippen molar-refractivity contribution in [3.63, 3.8) is 0 Å². The number of hydrogen-bond acceptors (Lipinski definition) is 3. The summed E-state index contributed by atoms with van der Waals surface area (Å²) in [7, 11) is 3.26. The average molecular weight is 303 g/mol. The van der Waals surface area contributed by atoms with Gasteiger partial charge in [-0.25, -0.2) is 9.18 Å². The van der Waals surface area contributed by atoms with Crippen LogP contribution in [0.25, 0.3) is 11.3 Å². The van der Waals surface area contributed by atoms with Gasteiger partial charge in [-0.1, -0.05) is 13.8 Å². The van der Waals surface area contributed by atoms with Crippen molar-refractivity contribution < 1.29 is 9.18 Å². The van der Waals surface area contributed by atoms with Crippen molar-refractivity contribution in [3.05, 3.63) is 51.8 Å². The molecule has 0 spiro atoms. The van der Waals surface area contributed by atoms with Gasteiger partial charge in [0, 0.05) is 25.4 Å². The van der Waals surface area contributed by atoms with Crippen molar-refractivity contribution in [2.75, 3.05) is 14.1 Å². The number of H-pyrrole nitrogens is 1. The molecule has 0 bridgehead atoms. The first-order valence-corrected chi connectivity index (χ1v) is 6.93. The maximum atomic E-state index is 13.1. The summed E-state index contributed by atoms with van der Waals surface area (Å²) in [6.45, 7) is 3.76. The summed E-state index contributed by atoms with van der Waals surface area (Å²) < 4.78 is 13.1. The number of hydrogen-bond donors (Lipinski definition) is 1. The van der Waals surface area contributed by atoms with E-state index in [-0.39, 0.29) is 17.5 Å². The Labute approximate surface area is 127 Å². The van der Waals surface area contributed by atoms with Gasteiger partial charge in [-0.3, -0.25) is 4.79 Å². The quantitative estimate of drug-likeness (QED) is 0.947. The van der Waals surface area contributed by atoms with E-state index in [2.05, 4.69) is 9.97 Å². The molecule has 0 atom stereocenters. The normalized spacial score (nSPS) is 10.8. The molecule has 0 radical (unpaired) electrons. The van der Waals surface area contributed by atoms with Gasteiger partial charge in [0.25, 0.3) is 5.91 Å². The second kappa shape index (κ2) is 6.09. The van der Waals surface area contributed by atoms with Gasteiger partial charge >= 0.3 is 5.69 Å². The van der Waals surface area contributed by atoms with Crippen LogP contribution in [0.5, 0.6) is 0 Å². The molecular weight excluding hydrogens is 285 g/mol. The second-order valence-corrected chi connectivity index (χ2v) is 5.54. The van der Waals surface area contributed by atoms with E-state index in [1.807, 2.05) is 13.8 Å². The molecule has 1 aromatic heterocycles. The van der Waals surface area contributed by atoms with Crippen molar-refractivity contribution in [2.24, 2.45) is 0 Å². The topological polar surface area (TPSA) is 66.1 Å². The molecule has 0 aliphatic rings. The molecule has 6 heteroatoms. The highest BCUT2D eigenvalue weighted by Gasteiger charge is 2.23. The first-order chi connectivity index (χ1) is 10.3. The Hall–Kier alpha value is -2.50. The molecule has 0 aliphatic heterocycles. The summed E-state index contributed by atoms with van der Waals surface area (Å²) in [6, 6.07) is 5.57. The highest BCUT2D eigenvalue weighted by Crippen LogP contribution is 2.27. The standard InChI is InChI=1S/C16H18FN3O2/c1-9(2)13-12(15(21)20(3)4)14(19-16(22)18-13)10-5-7-11(17)8-6-10/h5-9H,1-4H3,(H,18,19,22). The first kappa shape index (κ1) is 15.9. The van der Waals surface area contributed by atoms with Crippen molar-refractivity contribution in [2.45, 2.75) is 19.8 Å². The van der Waals surface area contributed by atoms with Crippen molar-refractivity contribution >= 4 is 5.91 Å². The Morgan fingerprint density at radius 2 is 1.82 bits per heavy atom. The maximum absolute atomic E-state index is 13.1. The minimum absolute atomic E-state index is 0.0613. The van der Waals surface area contributed by atoms with Gasteiger partial charge in [-0.2, -0.15) is 4.98 Å².